The Labute approximate surface area is 133 Å². The van der Waals surface area contributed by atoms with Gasteiger partial charge in [0, 0.05) is 18.6 Å². The molecule has 112 valence electrons. The fraction of sp³-hybridized carbons (Fsp3) is 0.400. The minimum atomic E-state index is -0.451. The highest BCUT2D eigenvalue weighted by atomic mass is 79.9. The molecule has 0 unspecified atom stereocenters. The highest BCUT2D eigenvalue weighted by molar-refractivity contribution is 9.12. The van der Waals surface area contributed by atoms with Gasteiger partial charge in [-0.2, -0.15) is 0 Å². The fourth-order valence-corrected chi connectivity index (χ4v) is 2.20. The van der Waals surface area contributed by atoms with Crippen LogP contribution in [-0.4, -0.2) is 32.9 Å². The summed E-state index contributed by atoms with van der Waals surface area (Å²) in [6.45, 7) is 6.77. The molecule has 0 amide bonds. The van der Waals surface area contributed by atoms with Crippen LogP contribution in [0.3, 0.4) is 0 Å². The quantitative estimate of drug-likeness (QED) is 0.463. The summed E-state index contributed by atoms with van der Waals surface area (Å²) in [5, 5.41) is 0. The molecular formula is C15H18BBrO4. The van der Waals surface area contributed by atoms with Gasteiger partial charge < -0.3 is 14.0 Å². The van der Waals surface area contributed by atoms with E-state index in [0.29, 0.717) is 13.2 Å². The number of esters is 1. The molecule has 0 N–H and O–H groups in total. The monoisotopic (exact) mass is 352 g/mol. The second kappa shape index (κ2) is 7.25. The van der Waals surface area contributed by atoms with Gasteiger partial charge in [0.25, 0.3) is 0 Å². The van der Waals surface area contributed by atoms with Crippen LogP contribution < -0.4 is 5.46 Å². The first-order valence-electron chi connectivity index (χ1n) is 6.86. The standard InChI is InChI=1S/C15H18BBrO4/c1-3-15(9-19-14(18)12(2)17)10-20-16(21-11-15)13-7-5-4-6-8-13/h4-8H,2-3,9-11H2,1H3. The van der Waals surface area contributed by atoms with Crippen molar-refractivity contribution in [3.63, 3.8) is 0 Å². The highest BCUT2D eigenvalue weighted by Crippen LogP contribution is 2.28. The summed E-state index contributed by atoms with van der Waals surface area (Å²) >= 11 is 3.01. The van der Waals surface area contributed by atoms with Gasteiger partial charge in [0.1, 0.15) is 6.61 Å². The smallest absolute Gasteiger partial charge is 0.461 e. The predicted octanol–water partition coefficient (Wildman–Crippen LogP) is 2.28. The SMILES string of the molecule is C=C(Br)C(=O)OCC1(CC)COB(c2ccccc2)OC1. The van der Waals surface area contributed by atoms with Crippen LogP contribution in [0.1, 0.15) is 13.3 Å². The van der Waals surface area contributed by atoms with E-state index >= 15 is 0 Å². The van der Waals surface area contributed by atoms with E-state index in [1.54, 1.807) is 0 Å². The molecule has 0 bridgehead atoms. The van der Waals surface area contributed by atoms with E-state index < -0.39 is 5.97 Å². The first kappa shape index (κ1) is 16.3. The van der Waals surface area contributed by atoms with E-state index in [1.807, 2.05) is 37.3 Å². The number of hydrogen-bond acceptors (Lipinski definition) is 4. The third-order valence-electron chi connectivity index (χ3n) is 3.63. The maximum atomic E-state index is 11.5. The predicted molar refractivity (Wildman–Crippen MR) is 85.5 cm³/mol. The van der Waals surface area contributed by atoms with Crippen molar-refractivity contribution in [3.05, 3.63) is 41.4 Å². The van der Waals surface area contributed by atoms with Crippen molar-refractivity contribution < 1.29 is 18.8 Å². The zero-order chi connectivity index (χ0) is 15.3. The summed E-state index contributed by atoms with van der Waals surface area (Å²) in [6, 6.07) is 9.80. The van der Waals surface area contributed by atoms with Crippen molar-refractivity contribution in [2.75, 3.05) is 19.8 Å². The van der Waals surface area contributed by atoms with E-state index in [0.717, 1.165) is 11.9 Å². The summed E-state index contributed by atoms with van der Waals surface area (Å²) in [5.41, 5.74) is 0.691. The summed E-state index contributed by atoms with van der Waals surface area (Å²) in [5.74, 6) is -0.451. The van der Waals surface area contributed by atoms with Gasteiger partial charge in [-0.3, -0.25) is 0 Å². The van der Waals surface area contributed by atoms with Gasteiger partial charge in [-0.25, -0.2) is 4.79 Å². The first-order chi connectivity index (χ1) is 10.1. The molecule has 0 spiro atoms. The molecule has 1 saturated heterocycles. The van der Waals surface area contributed by atoms with E-state index in [9.17, 15) is 4.79 Å². The van der Waals surface area contributed by atoms with Crippen LogP contribution in [0.15, 0.2) is 41.4 Å². The minimum Gasteiger partial charge on any atom is -0.461 e. The maximum absolute atomic E-state index is 11.5. The van der Waals surface area contributed by atoms with Crippen LogP contribution in [0.4, 0.5) is 0 Å². The van der Waals surface area contributed by atoms with Crippen LogP contribution in [0.2, 0.25) is 0 Å². The lowest BCUT2D eigenvalue weighted by atomic mass is 9.75. The van der Waals surface area contributed by atoms with Crippen molar-refractivity contribution in [2.24, 2.45) is 5.41 Å². The normalized spacial score (nSPS) is 17.3. The third-order valence-corrected chi connectivity index (χ3v) is 3.96. The Kier molecular flexibility index (Phi) is 5.61. The summed E-state index contributed by atoms with van der Waals surface area (Å²) in [6.07, 6.45) is 0.802. The Hall–Kier alpha value is -1.11. The summed E-state index contributed by atoms with van der Waals surface area (Å²) in [4.78, 5) is 11.5. The van der Waals surface area contributed by atoms with Crippen molar-refractivity contribution in [1.29, 1.82) is 0 Å². The number of halogens is 1. The molecule has 1 aliphatic rings. The van der Waals surface area contributed by atoms with Crippen molar-refractivity contribution in [1.82, 2.24) is 0 Å². The largest absolute Gasteiger partial charge is 0.493 e. The van der Waals surface area contributed by atoms with E-state index in [4.69, 9.17) is 14.0 Å². The lowest BCUT2D eigenvalue weighted by Crippen LogP contribution is -2.51. The van der Waals surface area contributed by atoms with Gasteiger partial charge in [0.2, 0.25) is 0 Å². The van der Waals surface area contributed by atoms with Crippen LogP contribution in [0, 0.1) is 5.41 Å². The maximum Gasteiger partial charge on any atom is 0.493 e. The second-order valence-electron chi connectivity index (χ2n) is 5.20. The molecule has 6 heteroatoms. The summed E-state index contributed by atoms with van der Waals surface area (Å²) in [7, 11) is -0.354. The van der Waals surface area contributed by atoms with Crippen LogP contribution in [0.25, 0.3) is 0 Å². The number of benzene rings is 1. The number of ether oxygens (including phenoxy) is 1. The van der Waals surface area contributed by atoms with Gasteiger partial charge in [-0.05, 0) is 27.8 Å². The molecule has 4 nitrogen and oxygen atoms in total. The van der Waals surface area contributed by atoms with E-state index in [2.05, 4.69) is 22.5 Å². The zero-order valence-corrected chi connectivity index (χ0v) is 13.6. The molecule has 0 atom stereocenters. The number of hydrogen-bond donors (Lipinski definition) is 0. The molecule has 1 aromatic carbocycles. The zero-order valence-electron chi connectivity index (χ0n) is 12.0. The summed E-state index contributed by atoms with van der Waals surface area (Å²) < 4.78 is 17.1. The average molecular weight is 353 g/mol. The number of carbonyl (C=O) groups is 1. The first-order valence-corrected chi connectivity index (χ1v) is 7.65. The van der Waals surface area contributed by atoms with Gasteiger partial charge in [0.15, 0.2) is 0 Å². The van der Waals surface area contributed by atoms with Crippen LogP contribution in [0.5, 0.6) is 0 Å². The Morgan fingerprint density at radius 2 is 2.00 bits per heavy atom. The Bertz CT molecular complexity index is 498. The van der Waals surface area contributed by atoms with Gasteiger partial charge in [-0.15, -0.1) is 0 Å². The molecule has 21 heavy (non-hydrogen) atoms. The van der Waals surface area contributed by atoms with E-state index in [-0.39, 0.29) is 23.6 Å². The topological polar surface area (TPSA) is 44.8 Å². The Morgan fingerprint density at radius 3 is 2.52 bits per heavy atom. The highest BCUT2D eigenvalue weighted by Gasteiger charge is 2.39. The van der Waals surface area contributed by atoms with Crippen molar-refractivity contribution in [2.45, 2.75) is 13.3 Å². The third kappa shape index (κ3) is 4.19. The molecule has 1 aromatic rings. The van der Waals surface area contributed by atoms with Gasteiger partial charge in [0.05, 0.1) is 4.48 Å². The van der Waals surface area contributed by atoms with Gasteiger partial charge in [-0.1, -0.05) is 43.8 Å². The molecule has 0 radical (unpaired) electrons. The molecule has 0 aliphatic carbocycles. The van der Waals surface area contributed by atoms with Crippen molar-refractivity contribution >= 4 is 34.5 Å². The molecular weight excluding hydrogens is 335 g/mol. The Balaban J connectivity index is 1.93. The molecule has 2 rings (SSSR count). The van der Waals surface area contributed by atoms with E-state index in [1.165, 1.54) is 0 Å². The molecule has 0 saturated carbocycles. The fourth-order valence-electron chi connectivity index (χ4n) is 2.08. The van der Waals surface area contributed by atoms with Crippen molar-refractivity contribution in [3.8, 4) is 0 Å². The average Bonchev–Trinajstić information content (AvgIpc) is 2.54. The second-order valence-corrected chi connectivity index (χ2v) is 6.16. The minimum absolute atomic E-state index is 0.216. The lowest BCUT2D eigenvalue weighted by molar-refractivity contribution is -0.145. The van der Waals surface area contributed by atoms with Crippen LogP contribution in [-0.2, 0) is 18.8 Å². The van der Waals surface area contributed by atoms with Crippen LogP contribution >= 0.6 is 15.9 Å². The molecule has 0 aromatic heterocycles. The number of rotatable bonds is 5. The lowest BCUT2D eigenvalue weighted by Gasteiger charge is -2.38. The molecule has 1 aliphatic heterocycles. The molecule has 1 fully saturated rings. The Morgan fingerprint density at radius 1 is 1.38 bits per heavy atom. The van der Waals surface area contributed by atoms with Gasteiger partial charge >= 0.3 is 13.1 Å². The molecule has 1 heterocycles. The number of carbonyl (C=O) groups excluding carboxylic acids is 1.